The van der Waals surface area contributed by atoms with Crippen molar-refractivity contribution >= 4 is 5.91 Å². The highest BCUT2D eigenvalue weighted by Crippen LogP contribution is 2.17. The molecule has 1 fully saturated rings. The molecule has 0 aromatic carbocycles. The van der Waals surface area contributed by atoms with Crippen molar-refractivity contribution < 1.29 is 4.79 Å². The molecule has 0 radical (unpaired) electrons. The number of carbonyl (C=O) groups is 1. The molecule has 0 aliphatic heterocycles. The molecule has 4 heteroatoms. The zero-order valence-corrected chi connectivity index (χ0v) is 12.4. The van der Waals surface area contributed by atoms with Crippen LogP contribution < -0.4 is 10.6 Å². The second-order valence-electron chi connectivity index (χ2n) is 5.73. The van der Waals surface area contributed by atoms with Gasteiger partial charge in [-0.05, 0) is 44.4 Å². The predicted octanol–water partition coefficient (Wildman–Crippen LogP) is 2.57. The number of pyridine rings is 1. The molecule has 1 aliphatic rings. The van der Waals surface area contributed by atoms with Crippen LogP contribution in [-0.4, -0.2) is 23.0 Å². The highest BCUT2D eigenvalue weighted by molar-refractivity contribution is 5.81. The summed E-state index contributed by atoms with van der Waals surface area (Å²) in [4.78, 5) is 16.2. The second kappa shape index (κ2) is 7.39. The normalized spacial score (nSPS) is 19.3. The number of hydrogen-bond donors (Lipinski definition) is 2. The number of aromatic nitrogens is 1. The number of carbonyl (C=O) groups excluding carboxylic acids is 1. The molecule has 110 valence electrons. The third-order valence-electron chi connectivity index (χ3n) is 4.05. The number of amides is 1. The molecule has 1 aromatic rings. The largest absolute Gasteiger partial charge is 0.352 e. The van der Waals surface area contributed by atoms with Crippen molar-refractivity contribution in [1.29, 1.82) is 0 Å². The summed E-state index contributed by atoms with van der Waals surface area (Å²) in [7, 11) is 0. The molecular formula is C16H25N3O. The zero-order valence-electron chi connectivity index (χ0n) is 12.4. The first-order valence-electron chi connectivity index (χ1n) is 7.63. The number of nitrogens with one attached hydrogen (secondary N) is 2. The fraction of sp³-hybridized carbons (Fsp3) is 0.625. The van der Waals surface area contributed by atoms with Crippen molar-refractivity contribution in [2.24, 2.45) is 0 Å². The number of hydrogen-bond acceptors (Lipinski definition) is 3. The lowest BCUT2D eigenvalue weighted by Gasteiger charge is -2.26. The average molecular weight is 275 g/mol. The first kappa shape index (κ1) is 15.0. The van der Waals surface area contributed by atoms with Gasteiger partial charge in [-0.1, -0.05) is 19.3 Å². The zero-order chi connectivity index (χ0) is 14.4. The minimum Gasteiger partial charge on any atom is -0.352 e. The van der Waals surface area contributed by atoms with Crippen LogP contribution in [0.2, 0.25) is 0 Å². The monoisotopic (exact) mass is 275 g/mol. The highest BCUT2D eigenvalue weighted by Gasteiger charge is 2.20. The van der Waals surface area contributed by atoms with E-state index < -0.39 is 0 Å². The first-order chi connectivity index (χ1) is 9.66. The maximum atomic E-state index is 12.2. The van der Waals surface area contributed by atoms with Crippen molar-refractivity contribution in [3.8, 4) is 0 Å². The Morgan fingerprint density at radius 2 is 1.85 bits per heavy atom. The third-order valence-corrected chi connectivity index (χ3v) is 4.05. The van der Waals surface area contributed by atoms with Gasteiger partial charge >= 0.3 is 0 Å². The van der Waals surface area contributed by atoms with Gasteiger partial charge in [-0.2, -0.15) is 0 Å². The Balaban J connectivity index is 1.81. The van der Waals surface area contributed by atoms with Gasteiger partial charge < -0.3 is 5.32 Å². The van der Waals surface area contributed by atoms with E-state index >= 15 is 0 Å². The Morgan fingerprint density at radius 1 is 1.20 bits per heavy atom. The summed E-state index contributed by atoms with van der Waals surface area (Å²) in [5.41, 5.74) is 1.15. The summed E-state index contributed by atoms with van der Waals surface area (Å²) in [5.74, 6) is 0.109. The lowest BCUT2D eigenvalue weighted by atomic mass is 9.95. The fourth-order valence-electron chi connectivity index (χ4n) is 2.77. The topological polar surface area (TPSA) is 54.0 Å². The van der Waals surface area contributed by atoms with Crippen molar-refractivity contribution in [2.45, 2.75) is 64.1 Å². The van der Waals surface area contributed by atoms with E-state index in [-0.39, 0.29) is 18.0 Å². The molecule has 4 nitrogen and oxygen atoms in total. The quantitative estimate of drug-likeness (QED) is 0.868. The highest BCUT2D eigenvalue weighted by atomic mass is 16.2. The molecule has 1 aliphatic carbocycles. The van der Waals surface area contributed by atoms with Gasteiger partial charge in [-0.15, -0.1) is 0 Å². The first-order valence-corrected chi connectivity index (χ1v) is 7.63. The lowest BCUT2D eigenvalue weighted by Crippen LogP contribution is -2.47. The summed E-state index contributed by atoms with van der Waals surface area (Å²) < 4.78 is 0. The van der Waals surface area contributed by atoms with Gasteiger partial charge in [0.05, 0.1) is 6.04 Å². The molecular weight excluding hydrogens is 250 g/mol. The van der Waals surface area contributed by atoms with E-state index in [0.29, 0.717) is 6.04 Å². The lowest BCUT2D eigenvalue weighted by molar-refractivity contribution is -0.123. The van der Waals surface area contributed by atoms with E-state index in [9.17, 15) is 4.79 Å². The molecule has 0 spiro atoms. The van der Waals surface area contributed by atoms with Gasteiger partial charge in [0.2, 0.25) is 5.91 Å². The van der Waals surface area contributed by atoms with Crippen molar-refractivity contribution in [3.63, 3.8) is 0 Å². The van der Waals surface area contributed by atoms with Crippen molar-refractivity contribution in [2.75, 3.05) is 0 Å². The van der Waals surface area contributed by atoms with Crippen LogP contribution in [0.4, 0.5) is 0 Å². The van der Waals surface area contributed by atoms with Crippen LogP contribution in [0, 0.1) is 0 Å². The average Bonchev–Trinajstić information content (AvgIpc) is 2.49. The van der Waals surface area contributed by atoms with Crippen LogP contribution >= 0.6 is 0 Å². The molecule has 1 saturated carbocycles. The van der Waals surface area contributed by atoms with Gasteiger partial charge in [0.1, 0.15) is 0 Å². The van der Waals surface area contributed by atoms with Crippen molar-refractivity contribution in [3.05, 3.63) is 30.1 Å². The molecule has 0 saturated heterocycles. The molecule has 2 N–H and O–H groups in total. The fourth-order valence-corrected chi connectivity index (χ4v) is 2.77. The Bertz CT molecular complexity index is 415. The Morgan fingerprint density at radius 3 is 2.50 bits per heavy atom. The maximum Gasteiger partial charge on any atom is 0.237 e. The SMILES string of the molecule is CC(NC(C)c1ccncc1)C(=O)NC1CCCCC1. The van der Waals surface area contributed by atoms with Crippen LogP contribution in [0.25, 0.3) is 0 Å². The number of rotatable bonds is 5. The van der Waals surface area contributed by atoms with Gasteiger partial charge in [-0.3, -0.25) is 15.1 Å². The van der Waals surface area contributed by atoms with Gasteiger partial charge in [-0.25, -0.2) is 0 Å². The van der Waals surface area contributed by atoms with Crippen LogP contribution in [0.15, 0.2) is 24.5 Å². The molecule has 2 atom stereocenters. The van der Waals surface area contributed by atoms with Gasteiger partial charge in [0.15, 0.2) is 0 Å². The van der Waals surface area contributed by atoms with Crippen LogP contribution in [0.3, 0.4) is 0 Å². The van der Waals surface area contributed by atoms with Gasteiger partial charge in [0, 0.05) is 24.5 Å². The summed E-state index contributed by atoms with van der Waals surface area (Å²) in [6.07, 6.45) is 9.58. The van der Waals surface area contributed by atoms with E-state index in [2.05, 4.69) is 22.5 Å². The Kier molecular flexibility index (Phi) is 5.53. The van der Waals surface area contributed by atoms with Crippen molar-refractivity contribution in [1.82, 2.24) is 15.6 Å². The summed E-state index contributed by atoms with van der Waals surface area (Å²) in [5, 5.41) is 6.51. The molecule has 20 heavy (non-hydrogen) atoms. The standard InChI is InChI=1S/C16H25N3O/c1-12(14-8-10-17-11-9-14)18-13(2)16(20)19-15-6-4-3-5-7-15/h8-13,15,18H,3-7H2,1-2H3,(H,19,20). The minimum atomic E-state index is -0.180. The molecule has 2 unspecified atom stereocenters. The van der Waals surface area contributed by atoms with Crippen LogP contribution in [-0.2, 0) is 4.79 Å². The third kappa shape index (κ3) is 4.30. The molecule has 2 rings (SSSR count). The van der Waals surface area contributed by atoms with E-state index in [1.807, 2.05) is 19.1 Å². The van der Waals surface area contributed by atoms with E-state index in [1.54, 1.807) is 12.4 Å². The molecule has 1 heterocycles. The van der Waals surface area contributed by atoms with Crippen LogP contribution in [0.1, 0.15) is 57.6 Å². The minimum absolute atomic E-state index is 0.109. The van der Waals surface area contributed by atoms with Gasteiger partial charge in [0.25, 0.3) is 0 Å². The predicted molar refractivity (Wildman–Crippen MR) is 80.3 cm³/mol. The summed E-state index contributed by atoms with van der Waals surface area (Å²) >= 11 is 0. The Hall–Kier alpha value is -1.42. The van der Waals surface area contributed by atoms with E-state index in [0.717, 1.165) is 18.4 Å². The second-order valence-corrected chi connectivity index (χ2v) is 5.73. The molecule has 0 bridgehead atoms. The number of nitrogens with zero attached hydrogens (tertiary/aromatic N) is 1. The van der Waals surface area contributed by atoms with Crippen LogP contribution in [0.5, 0.6) is 0 Å². The maximum absolute atomic E-state index is 12.2. The summed E-state index contributed by atoms with van der Waals surface area (Å²) in [6.45, 7) is 4.00. The van der Waals surface area contributed by atoms with E-state index in [4.69, 9.17) is 0 Å². The molecule has 1 aromatic heterocycles. The van der Waals surface area contributed by atoms with E-state index in [1.165, 1.54) is 19.3 Å². The summed E-state index contributed by atoms with van der Waals surface area (Å²) in [6, 6.07) is 4.29. The smallest absolute Gasteiger partial charge is 0.237 e. The molecule has 1 amide bonds. The Labute approximate surface area is 121 Å².